The average Bonchev–Trinajstić information content (AvgIpc) is 3.09. The lowest BCUT2D eigenvalue weighted by Crippen LogP contribution is -2.20. The highest BCUT2D eigenvalue weighted by atomic mass is 35.5. The van der Waals surface area contributed by atoms with Gasteiger partial charge in [0.2, 0.25) is 11.5 Å². The van der Waals surface area contributed by atoms with E-state index in [0.29, 0.717) is 43.1 Å². The third-order valence-corrected chi connectivity index (χ3v) is 5.96. The van der Waals surface area contributed by atoms with Crippen LogP contribution < -0.4 is 5.32 Å². The zero-order valence-electron chi connectivity index (χ0n) is 18.0. The van der Waals surface area contributed by atoms with E-state index >= 15 is 0 Å². The van der Waals surface area contributed by atoms with Gasteiger partial charge in [-0.2, -0.15) is 0 Å². The van der Waals surface area contributed by atoms with Crippen molar-refractivity contribution in [1.82, 2.24) is 4.98 Å². The van der Waals surface area contributed by atoms with Gasteiger partial charge in [-0.3, -0.25) is 4.79 Å². The number of hydrogen-bond acceptors (Lipinski definition) is 4. The van der Waals surface area contributed by atoms with Gasteiger partial charge in [-0.25, -0.2) is 4.98 Å². The van der Waals surface area contributed by atoms with Gasteiger partial charge in [-0.05, 0) is 42.0 Å². The Bertz CT molecular complexity index is 1340. The predicted molar refractivity (Wildman–Crippen MR) is 133 cm³/mol. The van der Waals surface area contributed by atoms with Gasteiger partial charge < -0.3 is 9.73 Å². The minimum Gasteiger partial charge on any atom is -0.432 e. The minimum atomic E-state index is -0.610. The number of nitrogens with one attached hydrogen (secondary N) is 1. The number of halogens is 3. The van der Waals surface area contributed by atoms with E-state index in [2.05, 4.69) is 5.32 Å². The summed E-state index contributed by atoms with van der Waals surface area (Å²) in [6, 6.07) is 14.7. The Morgan fingerprint density at radius 3 is 2.19 bits per heavy atom. The maximum absolute atomic E-state index is 13.0. The maximum atomic E-state index is 13.0. The molecule has 1 N–H and O–H groups in total. The van der Waals surface area contributed by atoms with E-state index in [1.807, 2.05) is 57.2 Å². The number of fused-ring (bicyclic) bond motifs is 1. The van der Waals surface area contributed by atoms with Gasteiger partial charge >= 0.3 is 0 Å². The molecule has 0 unspecified atom stereocenters. The molecule has 0 aliphatic carbocycles. The molecule has 0 fully saturated rings. The number of furan rings is 1. The number of nitrogens with zero attached hydrogens (tertiary/aromatic N) is 1. The monoisotopic (exact) mass is 486 g/mol. The van der Waals surface area contributed by atoms with E-state index in [-0.39, 0.29) is 11.5 Å². The van der Waals surface area contributed by atoms with Gasteiger partial charge in [0.05, 0.1) is 21.8 Å². The number of aromatic nitrogens is 1. The van der Waals surface area contributed by atoms with Gasteiger partial charge in [0, 0.05) is 33.6 Å². The Kier molecular flexibility index (Phi) is 5.97. The molecular weight excluding hydrogens is 467 g/mol. The first-order valence-electron chi connectivity index (χ1n) is 10.0. The molecule has 4 nitrogen and oxygen atoms in total. The molecule has 0 amide bonds. The first-order valence-corrected chi connectivity index (χ1v) is 11.1. The largest absolute Gasteiger partial charge is 0.432 e. The van der Waals surface area contributed by atoms with E-state index in [1.54, 1.807) is 19.2 Å². The van der Waals surface area contributed by atoms with Crippen LogP contribution in [0.5, 0.6) is 0 Å². The summed E-state index contributed by atoms with van der Waals surface area (Å²) < 4.78 is 6.00. The van der Waals surface area contributed by atoms with E-state index in [4.69, 9.17) is 44.2 Å². The van der Waals surface area contributed by atoms with Crippen molar-refractivity contribution in [2.45, 2.75) is 20.8 Å². The third kappa shape index (κ3) is 4.11. The molecule has 0 atom stereocenters. The summed E-state index contributed by atoms with van der Waals surface area (Å²) in [4.78, 5) is 17.9. The molecule has 164 valence electrons. The van der Waals surface area contributed by atoms with Crippen molar-refractivity contribution >= 4 is 57.4 Å². The number of ketones is 1. The number of Topliss-reactive ketones (excluding diaryl/α,β-unsaturated/α-hetero) is 1. The zero-order chi connectivity index (χ0) is 23.2. The van der Waals surface area contributed by atoms with Crippen LogP contribution in [-0.2, 0) is 0 Å². The first kappa shape index (κ1) is 22.7. The summed E-state index contributed by atoms with van der Waals surface area (Å²) >= 11 is 18.7. The summed E-state index contributed by atoms with van der Waals surface area (Å²) in [5.41, 5.74) is 3.39. The van der Waals surface area contributed by atoms with Crippen LogP contribution in [0.15, 0.2) is 52.9 Å². The fourth-order valence-corrected chi connectivity index (χ4v) is 4.13. The molecule has 32 heavy (non-hydrogen) atoms. The lowest BCUT2D eigenvalue weighted by atomic mass is 9.89. The van der Waals surface area contributed by atoms with E-state index in [9.17, 15) is 4.79 Å². The Morgan fingerprint density at radius 2 is 1.59 bits per heavy atom. The number of rotatable bonds is 4. The molecule has 4 rings (SSSR count). The Hall–Kier alpha value is -2.53. The Labute approximate surface area is 201 Å². The molecule has 2 heterocycles. The second-order valence-electron chi connectivity index (χ2n) is 8.50. The smallest absolute Gasteiger partial charge is 0.229 e. The van der Waals surface area contributed by atoms with E-state index < -0.39 is 5.41 Å². The molecule has 7 heteroatoms. The molecule has 0 aliphatic heterocycles. The maximum Gasteiger partial charge on any atom is 0.229 e. The number of pyridine rings is 1. The predicted octanol–water partition coefficient (Wildman–Crippen LogP) is 8.39. The second kappa shape index (κ2) is 8.43. The van der Waals surface area contributed by atoms with Gasteiger partial charge in [-0.1, -0.05) is 67.7 Å². The van der Waals surface area contributed by atoms with Gasteiger partial charge in [0.15, 0.2) is 5.76 Å². The molecule has 0 radical (unpaired) electrons. The topological polar surface area (TPSA) is 55.1 Å². The van der Waals surface area contributed by atoms with Crippen LogP contribution in [0.4, 0.5) is 5.69 Å². The van der Waals surface area contributed by atoms with Crippen LogP contribution in [0, 0.1) is 5.41 Å². The molecule has 4 aromatic rings. The van der Waals surface area contributed by atoms with Crippen LogP contribution >= 0.6 is 34.8 Å². The molecular formula is C25H21Cl3N2O2. The number of carbonyl (C=O) groups excluding carboxylic acids is 1. The Balaban J connectivity index is 2.06. The van der Waals surface area contributed by atoms with Crippen LogP contribution in [0.3, 0.4) is 0 Å². The van der Waals surface area contributed by atoms with Gasteiger partial charge in [0.1, 0.15) is 0 Å². The number of anilines is 1. The molecule has 0 aliphatic rings. The standard InChI is InChI=1S/C25H21Cl3N2O2/c1-25(2,3)23(31)22-21(29-4)18-12-17(13-5-7-14(26)8-6-13)20(30-24(18)32-22)16-10-9-15(27)11-19(16)28/h5-12,29H,1-4H3. The van der Waals surface area contributed by atoms with Crippen molar-refractivity contribution in [1.29, 1.82) is 0 Å². The van der Waals surface area contributed by atoms with Crippen molar-refractivity contribution in [3.8, 4) is 22.4 Å². The second-order valence-corrected chi connectivity index (χ2v) is 9.78. The minimum absolute atomic E-state index is 0.112. The fourth-order valence-electron chi connectivity index (χ4n) is 3.51. The third-order valence-electron chi connectivity index (χ3n) is 5.16. The van der Waals surface area contributed by atoms with Gasteiger partial charge in [0.25, 0.3) is 0 Å². The molecule has 2 aromatic heterocycles. The van der Waals surface area contributed by atoms with Gasteiger partial charge in [-0.15, -0.1) is 0 Å². The lowest BCUT2D eigenvalue weighted by molar-refractivity contribution is 0.0831. The summed E-state index contributed by atoms with van der Waals surface area (Å²) in [6.45, 7) is 5.56. The lowest BCUT2D eigenvalue weighted by Gasteiger charge is -2.15. The summed E-state index contributed by atoms with van der Waals surface area (Å²) in [6.07, 6.45) is 0. The fraction of sp³-hybridized carbons (Fsp3) is 0.200. The molecule has 0 saturated heterocycles. The Morgan fingerprint density at radius 1 is 0.938 bits per heavy atom. The van der Waals surface area contributed by atoms with Crippen molar-refractivity contribution in [3.63, 3.8) is 0 Å². The molecule has 2 aromatic carbocycles. The highest BCUT2D eigenvalue weighted by Crippen LogP contribution is 2.42. The van der Waals surface area contributed by atoms with Crippen LogP contribution in [0.25, 0.3) is 33.5 Å². The average molecular weight is 488 g/mol. The zero-order valence-corrected chi connectivity index (χ0v) is 20.3. The quantitative estimate of drug-likeness (QED) is 0.294. The summed E-state index contributed by atoms with van der Waals surface area (Å²) in [5, 5.41) is 5.45. The first-order chi connectivity index (χ1) is 15.1. The summed E-state index contributed by atoms with van der Waals surface area (Å²) in [5.74, 6) is 0.142. The highest BCUT2D eigenvalue weighted by molar-refractivity contribution is 6.36. The number of benzene rings is 2. The number of carbonyl (C=O) groups is 1. The van der Waals surface area contributed by atoms with E-state index in [0.717, 1.165) is 11.1 Å². The highest BCUT2D eigenvalue weighted by Gasteiger charge is 2.31. The van der Waals surface area contributed by atoms with Crippen molar-refractivity contribution < 1.29 is 9.21 Å². The van der Waals surface area contributed by atoms with Crippen molar-refractivity contribution in [3.05, 3.63) is 69.4 Å². The molecule has 0 saturated carbocycles. The van der Waals surface area contributed by atoms with Crippen molar-refractivity contribution in [2.24, 2.45) is 5.41 Å². The molecule has 0 bridgehead atoms. The van der Waals surface area contributed by atoms with Crippen LogP contribution in [-0.4, -0.2) is 17.8 Å². The SMILES string of the molecule is CNc1c(C(=O)C(C)(C)C)oc2nc(-c3ccc(Cl)cc3Cl)c(-c3ccc(Cl)cc3)cc12. The van der Waals surface area contributed by atoms with Crippen LogP contribution in [0.2, 0.25) is 15.1 Å². The normalized spacial score (nSPS) is 11.7. The number of hydrogen-bond donors (Lipinski definition) is 1. The van der Waals surface area contributed by atoms with Crippen LogP contribution in [0.1, 0.15) is 31.3 Å². The molecule has 0 spiro atoms. The van der Waals surface area contributed by atoms with E-state index in [1.165, 1.54) is 0 Å². The van der Waals surface area contributed by atoms with Crippen molar-refractivity contribution in [2.75, 3.05) is 12.4 Å². The summed E-state index contributed by atoms with van der Waals surface area (Å²) in [7, 11) is 1.76.